The molecule has 0 radical (unpaired) electrons. The molecule has 3 heterocycles. The Morgan fingerprint density at radius 2 is 2.37 bits per heavy atom. The molecule has 6 nitrogen and oxygen atoms in total. The molecule has 7 heteroatoms. The SMILES string of the molecule is Cc1ncc(CO)c([C@@H]2NOCc3ncsc32)c1O. The molecule has 0 saturated heterocycles. The molecule has 100 valence electrons. The first kappa shape index (κ1) is 12.5. The molecule has 3 N–H and O–H groups in total. The van der Waals surface area contributed by atoms with Crippen LogP contribution in [-0.2, 0) is 18.1 Å². The number of aromatic nitrogens is 2. The molecule has 2 aromatic heterocycles. The van der Waals surface area contributed by atoms with E-state index in [0.29, 0.717) is 23.4 Å². The minimum atomic E-state index is -0.333. The normalized spacial score (nSPS) is 18.3. The molecular formula is C12H13N3O3S. The maximum atomic E-state index is 10.2. The standard InChI is InChI=1S/C12H13N3O3S/c1-6-11(17)9(7(3-16)2-13-6)10-12-8(4-18-15-10)14-5-19-12/h2,5,10,15-17H,3-4H2,1H3/t10-/m0/s1. The summed E-state index contributed by atoms with van der Waals surface area (Å²) in [5.74, 6) is 0.0777. The van der Waals surface area contributed by atoms with Crippen molar-refractivity contribution in [2.24, 2.45) is 0 Å². The van der Waals surface area contributed by atoms with Crippen LogP contribution >= 0.6 is 11.3 Å². The van der Waals surface area contributed by atoms with Crippen LogP contribution in [-0.4, -0.2) is 20.2 Å². The molecule has 0 aromatic carbocycles. The van der Waals surface area contributed by atoms with Gasteiger partial charge in [0.25, 0.3) is 0 Å². The number of aryl methyl sites for hydroxylation is 1. The molecule has 0 amide bonds. The summed E-state index contributed by atoms with van der Waals surface area (Å²) in [6.07, 6.45) is 1.57. The zero-order chi connectivity index (χ0) is 13.4. The largest absolute Gasteiger partial charge is 0.506 e. The van der Waals surface area contributed by atoms with E-state index in [2.05, 4.69) is 15.4 Å². The zero-order valence-corrected chi connectivity index (χ0v) is 11.1. The van der Waals surface area contributed by atoms with Gasteiger partial charge in [-0.25, -0.2) is 4.98 Å². The van der Waals surface area contributed by atoms with Gasteiger partial charge in [-0.15, -0.1) is 11.3 Å². The van der Waals surface area contributed by atoms with Gasteiger partial charge in [0.1, 0.15) is 12.4 Å². The number of aromatic hydroxyl groups is 1. The van der Waals surface area contributed by atoms with E-state index in [-0.39, 0.29) is 18.4 Å². The van der Waals surface area contributed by atoms with Gasteiger partial charge in [-0.1, -0.05) is 0 Å². The van der Waals surface area contributed by atoms with E-state index in [1.54, 1.807) is 18.6 Å². The number of nitrogens with one attached hydrogen (secondary N) is 1. The van der Waals surface area contributed by atoms with Crippen LogP contribution < -0.4 is 5.48 Å². The average Bonchev–Trinajstić information content (AvgIpc) is 2.90. The minimum absolute atomic E-state index is 0.0777. The first-order chi connectivity index (χ1) is 9.22. The molecule has 0 unspecified atom stereocenters. The summed E-state index contributed by atoms with van der Waals surface area (Å²) >= 11 is 1.50. The smallest absolute Gasteiger partial charge is 0.142 e. The lowest BCUT2D eigenvalue weighted by Gasteiger charge is -2.25. The second-order valence-corrected chi connectivity index (χ2v) is 5.18. The summed E-state index contributed by atoms with van der Waals surface area (Å²) in [5, 5.41) is 19.7. The lowest BCUT2D eigenvalue weighted by molar-refractivity contribution is -0.00367. The fourth-order valence-electron chi connectivity index (χ4n) is 2.16. The van der Waals surface area contributed by atoms with Gasteiger partial charge in [0, 0.05) is 17.3 Å². The number of aliphatic hydroxyl groups excluding tert-OH is 1. The number of hydrogen-bond donors (Lipinski definition) is 3. The van der Waals surface area contributed by atoms with Crippen LogP contribution in [0.4, 0.5) is 0 Å². The summed E-state index contributed by atoms with van der Waals surface area (Å²) in [6.45, 7) is 1.92. The maximum absolute atomic E-state index is 10.2. The van der Waals surface area contributed by atoms with Gasteiger partial charge >= 0.3 is 0 Å². The number of pyridine rings is 1. The first-order valence-corrected chi connectivity index (χ1v) is 6.68. The molecule has 0 fully saturated rings. The Balaban J connectivity index is 2.16. The van der Waals surface area contributed by atoms with Crippen molar-refractivity contribution < 1.29 is 15.1 Å². The van der Waals surface area contributed by atoms with Crippen molar-refractivity contribution in [2.75, 3.05) is 0 Å². The van der Waals surface area contributed by atoms with Crippen LogP contribution in [0.25, 0.3) is 0 Å². The highest BCUT2D eigenvalue weighted by molar-refractivity contribution is 7.09. The van der Waals surface area contributed by atoms with E-state index in [4.69, 9.17) is 4.84 Å². The Morgan fingerprint density at radius 3 is 3.16 bits per heavy atom. The predicted molar refractivity (Wildman–Crippen MR) is 68.4 cm³/mol. The summed E-state index contributed by atoms with van der Waals surface area (Å²) in [5.41, 5.74) is 7.18. The number of thiazole rings is 1. The second-order valence-electron chi connectivity index (χ2n) is 4.29. The fraction of sp³-hybridized carbons (Fsp3) is 0.333. The van der Waals surface area contributed by atoms with Crippen LogP contribution in [0.5, 0.6) is 5.75 Å². The van der Waals surface area contributed by atoms with Crippen molar-refractivity contribution in [1.29, 1.82) is 0 Å². The van der Waals surface area contributed by atoms with Crippen LogP contribution in [0, 0.1) is 6.92 Å². The van der Waals surface area contributed by atoms with E-state index >= 15 is 0 Å². The van der Waals surface area contributed by atoms with E-state index in [9.17, 15) is 10.2 Å². The molecule has 0 bridgehead atoms. The highest BCUT2D eigenvalue weighted by atomic mass is 32.1. The number of aliphatic hydroxyl groups is 1. The number of hydrogen-bond acceptors (Lipinski definition) is 7. The molecule has 19 heavy (non-hydrogen) atoms. The van der Waals surface area contributed by atoms with Crippen LogP contribution in [0.2, 0.25) is 0 Å². The summed E-state index contributed by atoms with van der Waals surface area (Å²) in [6, 6.07) is -0.333. The number of rotatable bonds is 2. The Morgan fingerprint density at radius 1 is 1.53 bits per heavy atom. The van der Waals surface area contributed by atoms with Gasteiger partial charge < -0.3 is 10.2 Å². The molecule has 0 saturated carbocycles. The fourth-order valence-corrected chi connectivity index (χ4v) is 3.00. The second kappa shape index (κ2) is 4.86. The molecule has 1 atom stereocenters. The lowest BCUT2D eigenvalue weighted by Crippen LogP contribution is -2.28. The molecule has 1 aliphatic rings. The van der Waals surface area contributed by atoms with Crippen LogP contribution in [0.1, 0.15) is 33.4 Å². The lowest BCUT2D eigenvalue weighted by atomic mass is 9.98. The Bertz CT molecular complexity index is 614. The van der Waals surface area contributed by atoms with E-state index in [1.165, 1.54) is 11.3 Å². The first-order valence-electron chi connectivity index (χ1n) is 5.80. The number of nitrogens with zero attached hydrogens (tertiary/aromatic N) is 2. The van der Waals surface area contributed by atoms with Crippen molar-refractivity contribution in [3.05, 3.63) is 39.1 Å². The molecular weight excluding hydrogens is 266 g/mol. The predicted octanol–water partition coefficient (Wildman–Crippen LogP) is 1.17. The summed E-state index contributed by atoms with van der Waals surface area (Å²) in [4.78, 5) is 14.6. The van der Waals surface area contributed by atoms with Crippen LogP contribution in [0.3, 0.4) is 0 Å². The molecule has 0 aliphatic carbocycles. The Hall–Kier alpha value is -1.54. The molecule has 1 aliphatic heterocycles. The molecule has 3 rings (SSSR count). The number of fused-ring (bicyclic) bond motifs is 1. The van der Waals surface area contributed by atoms with Crippen molar-refractivity contribution >= 4 is 11.3 Å². The topological polar surface area (TPSA) is 87.5 Å². The summed E-state index contributed by atoms with van der Waals surface area (Å²) in [7, 11) is 0. The highest BCUT2D eigenvalue weighted by Gasteiger charge is 2.29. The quantitative estimate of drug-likeness (QED) is 0.765. The minimum Gasteiger partial charge on any atom is -0.506 e. The highest BCUT2D eigenvalue weighted by Crippen LogP contribution is 2.38. The van der Waals surface area contributed by atoms with Gasteiger partial charge in [-0.3, -0.25) is 9.82 Å². The summed E-state index contributed by atoms with van der Waals surface area (Å²) < 4.78 is 0. The van der Waals surface area contributed by atoms with Gasteiger partial charge in [0.15, 0.2) is 0 Å². The van der Waals surface area contributed by atoms with Gasteiger partial charge in [0.05, 0.1) is 34.4 Å². The van der Waals surface area contributed by atoms with Gasteiger partial charge in [-0.05, 0) is 6.92 Å². The number of hydroxylamine groups is 1. The third-order valence-electron chi connectivity index (χ3n) is 3.16. The monoisotopic (exact) mass is 279 g/mol. The molecule has 0 spiro atoms. The maximum Gasteiger partial charge on any atom is 0.142 e. The third kappa shape index (κ3) is 2.00. The Labute approximate surface area is 113 Å². The third-order valence-corrected chi connectivity index (χ3v) is 4.10. The Kier molecular flexibility index (Phi) is 3.19. The van der Waals surface area contributed by atoms with E-state index in [1.807, 2.05) is 0 Å². The average molecular weight is 279 g/mol. The van der Waals surface area contributed by atoms with E-state index in [0.717, 1.165) is 10.6 Å². The van der Waals surface area contributed by atoms with Crippen molar-refractivity contribution in [2.45, 2.75) is 26.2 Å². The van der Waals surface area contributed by atoms with E-state index < -0.39 is 0 Å². The van der Waals surface area contributed by atoms with Gasteiger partial charge in [0.2, 0.25) is 0 Å². The van der Waals surface area contributed by atoms with Crippen molar-refractivity contribution in [3.63, 3.8) is 0 Å². The van der Waals surface area contributed by atoms with Crippen LogP contribution in [0.15, 0.2) is 11.7 Å². The van der Waals surface area contributed by atoms with Crippen molar-refractivity contribution in [3.8, 4) is 5.75 Å². The zero-order valence-electron chi connectivity index (χ0n) is 10.3. The molecule has 2 aromatic rings. The van der Waals surface area contributed by atoms with Gasteiger partial charge in [-0.2, -0.15) is 5.48 Å². The van der Waals surface area contributed by atoms with Crippen molar-refractivity contribution in [1.82, 2.24) is 15.4 Å².